The lowest BCUT2D eigenvalue weighted by Gasteiger charge is -2.20. The summed E-state index contributed by atoms with van der Waals surface area (Å²) in [5.74, 6) is 0.836. The third-order valence-corrected chi connectivity index (χ3v) is 10.5. The Kier molecular flexibility index (Phi) is 5.70. The van der Waals surface area contributed by atoms with Crippen LogP contribution in [-0.4, -0.2) is 0 Å². The van der Waals surface area contributed by atoms with Crippen LogP contribution in [0.4, 0.5) is 0 Å². The third kappa shape index (κ3) is 3.85. The predicted molar refractivity (Wildman–Crippen MR) is 210 cm³/mol. The average molecular weight is 637 g/mol. The summed E-state index contributed by atoms with van der Waals surface area (Å²) < 4.78 is 13.1. The molecule has 0 saturated carbocycles. The molecule has 50 heavy (non-hydrogen) atoms. The highest BCUT2D eigenvalue weighted by Gasteiger charge is 2.22. The summed E-state index contributed by atoms with van der Waals surface area (Å²) in [6.07, 6.45) is 0. The van der Waals surface area contributed by atoms with Crippen LogP contribution in [-0.2, 0) is 0 Å². The van der Waals surface area contributed by atoms with E-state index in [0.717, 1.165) is 49.8 Å². The summed E-state index contributed by atoms with van der Waals surface area (Å²) in [7, 11) is 0. The molecule has 0 fully saturated rings. The molecule has 2 nitrogen and oxygen atoms in total. The van der Waals surface area contributed by atoms with Crippen molar-refractivity contribution in [2.75, 3.05) is 0 Å². The lowest BCUT2D eigenvalue weighted by atomic mass is 9.83. The number of furan rings is 2. The van der Waals surface area contributed by atoms with Gasteiger partial charge in [0.05, 0.1) is 5.39 Å². The molecule has 0 radical (unpaired) electrons. The zero-order valence-electron chi connectivity index (χ0n) is 27.0. The van der Waals surface area contributed by atoms with Gasteiger partial charge in [-0.3, -0.25) is 0 Å². The maximum absolute atomic E-state index is 6.72. The number of hydrogen-bond acceptors (Lipinski definition) is 2. The SMILES string of the molecule is c1ccc(-c2cc3c(ccc4c3oc3cccc(-c5c6ccccc6c(-c6cc7ccccc7c7ccccc67)c6ccccc56)c34)o2)cc1. The minimum atomic E-state index is 0.819. The summed E-state index contributed by atoms with van der Waals surface area (Å²) in [6, 6.07) is 60.8. The highest BCUT2D eigenvalue weighted by molar-refractivity contribution is 6.29. The Morgan fingerprint density at radius 2 is 0.920 bits per heavy atom. The van der Waals surface area contributed by atoms with Crippen molar-refractivity contribution in [3.8, 4) is 33.6 Å². The first-order chi connectivity index (χ1) is 24.8. The van der Waals surface area contributed by atoms with Crippen molar-refractivity contribution in [2.24, 2.45) is 0 Å². The van der Waals surface area contributed by atoms with Gasteiger partial charge in [0, 0.05) is 16.3 Å². The van der Waals surface area contributed by atoms with Crippen molar-refractivity contribution in [2.45, 2.75) is 0 Å². The van der Waals surface area contributed by atoms with Crippen LogP contribution in [0.25, 0.3) is 110 Å². The Morgan fingerprint density at radius 3 is 1.64 bits per heavy atom. The van der Waals surface area contributed by atoms with E-state index < -0.39 is 0 Å². The van der Waals surface area contributed by atoms with Crippen LogP contribution in [0.5, 0.6) is 0 Å². The zero-order chi connectivity index (χ0) is 32.8. The molecule has 2 heterocycles. The molecule has 0 spiro atoms. The van der Waals surface area contributed by atoms with Gasteiger partial charge in [0.15, 0.2) is 0 Å². The third-order valence-electron chi connectivity index (χ3n) is 10.5. The second kappa shape index (κ2) is 10.4. The number of fused-ring (bicyclic) bond motifs is 10. The van der Waals surface area contributed by atoms with Gasteiger partial charge >= 0.3 is 0 Å². The van der Waals surface area contributed by atoms with Crippen LogP contribution in [0.1, 0.15) is 0 Å². The van der Waals surface area contributed by atoms with Gasteiger partial charge in [-0.15, -0.1) is 0 Å². The predicted octanol–water partition coefficient (Wildman–Crippen LogP) is 13.9. The Hall–Kier alpha value is -6.64. The number of hydrogen-bond donors (Lipinski definition) is 0. The lowest BCUT2D eigenvalue weighted by molar-refractivity contribution is 0.631. The monoisotopic (exact) mass is 636 g/mol. The van der Waals surface area contributed by atoms with Crippen molar-refractivity contribution in [1.29, 1.82) is 0 Å². The maximum atomic E-state index is 6.72. The van der Waals surface area contributed by atoms with E-state index in [1.54, 1.807) is 0 Å². The van der Waals surface area contributed by atoms with Crippen molar-refractivity contribution < 1.29 is 8.83 Å². The molecule has 0 unspecified atom stereocenters. The van der Waals surface area contributed by atoms with E-state index >= 15 is 0 Å². The van der Waals surface area contributed by atoms with Crippen LogP contribution >= 0.6 is 0 Å². The van der Waals surface area contributed by atoms with Gasteiger partial charge in [0.25, 0.3) is 0 Å². The summed E-state index contributed by atoms with van der Waals surface area (Å²) in [5, 5.41) is 13.1. The van der Waals surface area contributed by atoms with E-state index in [-0.39, 0.29) is 0 Å². The summed E-state index contributed by atoms with van der Waals surface area (Å²) in [6.45, 7) is 0. The Labute approximate surface area is 287 Å². The fourth-order valence-corrected chi connectivity index (χ4v) is 8.32. The van der Waals surface area contributed by atoms with Gasteiger partial charge in [0.1, 0.15) is 22.5 Å². The fourth-order valence-electron chi connectivity index (χ4n) is 8.32. The molecule has 2 heteroatoms. The summed E-state index contributed by atoms with van der Waals surface area (Å²) in [5.41, 5.74) is 8.48. The van der Waals surface area contributed by atoms with Gasteiger partial charge in [-0.1, -0.05) is 140 Å². The molecule has 9 aromatic carbocycles. The standard InChI is InChI=1S/C48H28O2/c1-2-13-29(14-3-1)44-28-41-42(49-44)26-25-39-47-38(23-12-24-43(47)50-48(39)41)45-34-19-8-10-21-36(34)46(37-22-11-9-20-35(37)45)40-27-30-15-4-5-16-31(30)32-17-6-7-18-33(32)40/h1-28H. The summed E-state index contributed by atoms with van der Waals surface area (Å²) >= 11 is 0. The molecule has 11 aromatic rings. The van der Waals surface area contributed by atoms with Gasteiger partial charge < -0.3 is 8.83 Å². The van der Waals surface area contributed by atoms with Crippen LogP contribution in [0.15, 0.2) is 179 Å². The highest BCUT2D eigenvalue weighted by Crippen LogP contribution is 2.49. The molecule has 0 amide bonds. The molecule has 232 valence electrons. The Morgan fingerprint density at radius 1 is 0.320 bits per heavy atom. The molecule has 0 saturated heterocycles. The number of rotatable bonds is 3. The van der Waals surface area contributed by atoms with Crippen molar-refractivity contribution >= 4 is 76.0 Å². The minimum Gasteiger partial charge on any atom is -0.456 e. The molecule has 0 atom stereocenters. The molecule has 2 aromatic heterocycles. The van der Waals surface area contributed by atoms with Gasteiger partial charge in [0.2, 0.25) is 0 Å². The minimum absolute atomic E-state index is 0.819. The molecule has 0 aliphatic rings. The van der Waals surface area contributed by atoms with Gasteiger partial charge in [-0.05, 0) is 95.7 Å². The molecule has 0 N–H and O–H groups in total. The zero-order valence-corrected chi connectivity index (χ0v) is 27.0. The smallest absolute Gasteiger partial charge is 0.146 e. The van der Waals surface area contributed by atoms with Crippen molar-refractivity contribution in [3.05, 3.63) is 170 Å². The van der Waals surface area contributed by atoms with E-state index in [1.807, 2.05) is 18.2 Å². The topological polar surface area (TPSA) is 26.3 Å². The quantitative estimate of drug-likeness (QED) is 0.142. The molecular formula is C48H28O2. The van der Waals surface area contributed by atoms with Gasteiger partial charge in [-0.2, -0.15) is 0 Å². The largest absolute Gasteiger partial charge is 0.456 e. The molecule has 0 aliphatic carbocycles. The Bertz CT molecular complexity index is 3080. The first kappa shape index (κ1) is 27.3. The van der Waals surface area contributed by atoms with Crippen molar-refractivity contribution in [1.82, 2.24) is 0 Å². The van der Waals surface area contributed by atoms with E-state index in [2.05, 4.69) is 152 Å². The fraction of sp³-hybridized carbons (Fsp3) is 0. The van der Waals surface area contributed by atoms with E-state index in [1.165, 1.54) is 59.8 Å². The average Bonchev–Trinajstić information content (AvgIpc) is 3.79. The molecule has 0 bridgehead atoms. The van der Waals surface area contributed by atoms with E-state index in [9.17, 15) is 0 Å². The first-order valence-electron chi connectivity index (χ1n) is 17.1. The van der Waals surface area contributed by atoms with Crippen LogP contribution in [0.2, 0.25) is 0 Å². The summed E-state index contributed by atoms with van der Waals surface area (Å²) in [4.78, 5) is 0. The van der Waals surface area contributed by atoms with Crippen LogP contribution in [0.3, 0.4) is 0 Å². The second-order valence-electron chi connectivity index (χ2n) is 13.1. The van der Waals surface area contributed by atoms with E-state index in [4.69, 9.17) is 8.83 Å². The molecular weight excluding hydrogens is 609 g/mol. The van der Waals surface area contributed by atoms with Crippen LogP contribution in [0, 0.1) is 0 Å². The van der Waals surface area contributed by atoms with E-state index in [0.29, 0.717) is 0 Å². The highest BCUT2D eigenvalue weighted by atomic mass is 16.3. The molecule has 0 aliphatic heterocycles. The Balaban J connectivity index is 1.24. The van der Waals surface area contributed by atoms with Crippen molar-refractivity contribution in [3.63, 3.8) is 0 Å². The number of benzene rings is 9. The van der Waals surface area contributed by atoms with Gasteiger partial charge in [-0.25, -0.2) is 0 Å². The van der Waals surface area contributed by atoms with Crippen LogP contribution < -0.4 is 0 Å². The lowest BCUT2D eigenvalue weighted by Crippen LogP contribution is -1.92. The second-order valence-corrected chi connectivity index (χ2v) is 13.1. The normalized spacial score (nSPS) is 12.0. The maximum Gasteiger partial charge on any atom is 0.146 e. The molecule has 11 rings (SSSR count). The first-order valence-corrected chi connectivity index (χ1v) is 17.1.